The quantitative estimate of drug-likeness (QED) is 0.868. The van der Waals surface area contributed by atoms with Gasteiger partial charge >= 0.3 is 5.97 Å². The first-order valence-corrected chi connectivity index (χ1v) is 7.08. The molecule has 1 aromatic carbocycles. The Bertz CT molecular complexity index is 428. The average molecular weight is 312 g/mol. The van der Waals surface area contributed by atoms with E-state index in [0.29, 0.717) is 13.2 Å². The zero-order chi connectivity index (χ0) is 13.0. The zero-order valence-corrected chi connectivity index (χ0v) is 12.1. The van der Waals surface area contributed by atoms with Gasteiger partial charge in [0, 0.05) is 11.0 Å². The van der Waals surface area contributed by atoms with Crippen LogP contribution in [0, 0.1) is 5.41 Å². The summed E-state index contributed by atoms with van der Waals surface area (Å²) in [4.78, 5) is 12.2. The molecular weight excluding hydrogens is 294 g/mol. The minimum Gasteiger partial charge on any atom is -0.466 e. The minimum absolute atomic E-state index is 0.0741. The van der Waals surface area contributed by atoms with Gasteiger partial charge in [-0.3, -0.25) is 4.79 Å². The molecule has 98 valence electrons. The predicted octanol–water partition coefficient (Wildman–Crippen LogP) is 2.53. The van der Waals surface area contributed by atoms with E-state index in [1.165, 1.54) is 5.56 Å². The first-order chi connectivity index (χ1) is 8.66. The fraction of sp³-hybridized carbons (Fsp3) is 0.500. The molecule has 1 N–H and O–H groups in total. The van der Waals surface area contributed by atoms with Gasteiger partial charge in [0.05, 0.1) is 12.0 Å². The zero-order valence-electron chi connectivity index (χ0n) is 10.5. The van der Waals surface area contributed by atoms with Crippen molar-refractivity contribution in [1.29, 1.82) is 0 Å². The lowest BCUT2D eigenvalue weighted by molar-refractivity contribution is -0.154. The van der Waals surface area contributed by atoms with Crippen LogP contribution in [0.3, 0.4) is 0 Å². The molecule has 0 saturated carbocycles. The Morgan fingerprint density at radius 3 is 3.00 bits per heavy atom. The van der Waals surface area contributed by atoms with E-state index in [2.05, 4.69) is 33.4 Å². The molecule has 4 heteroatoms. The lowest BCUT2D eigenvalue weighted by atomic mass is 9.81. The summed E-state index contributed by atoms with van der Waals surface area (Å²) in [6, 6.07) is 8.12. The average Bonchev–Trinajstić information content (AvgIpc) is 2.79. The molecule has 1 aromatic rings. The molecule has 1 fully saturated rings. The van der Waals surface area contributed by atoms with E-state index in [1.54, 1.807) is 0 Å². The van der Waals surface area contributed by atoms with Crippen molar-refractivity contribution in [1.82, 2.24) is 5.32 Å². The molecule has 1 aliphatic heterocycles. The summed E-state index contributed by atoms with van der Waals surface area (Å²) in [6.07, 6.45) is 1.58. The number of halogens is 1. The van der Waals surface area contributed by atoms with Crippen molar-refractivity contribution >= 4 is 21.9 Å². The highest BCUT2D eigenvalue weighted by Gasteiger charge is 2.42. The number of benzene rings is 1. The standard InChI is InChI=1S/C14H18BrNO2/c1-2-18-13(17)14(6-7-16-10-14)9-11-4-3-5-12(15)8-11/h3-5,8,16H,2,6-7,9-10H2,1H3. The number of carbonyl (C=O) groups is 1. The minimum atomic E-state index is -0.392. The maximum Gasteiger partial charge on any atom is 0.313 e. The summed E-state index contributed by atoms with van der Waals surface area (Å²) >= 11 is 3.47. The van der Waals surface area contributed by atoms with E-state index in [9.17, 15) is 4.79 Å². The Labute approximate surface area is 116 Å². The van der Waals surface area contributed by atoms with Crippen LogP contribution in [0.25, 0.3) is 0 Å². The van der Waals surface area contributed by atoms with Gasteiger partial charge in [0.25, 0.3) is 0 Å². The Morgan fingerprint density at radius 1 is 1.56 bits per heavy atom. The first-order valence-electron chi connectivity index (χ1n) is 6.29. The molecule has 1 heterocycles. The molecular formula is C14H18BrNO2. The second kappa shape index (κ2) is 5.85. The molecule has 0 radical (unpaired) electrons. The fourth-order valence-corrected chi connectivity index (χ4v) is 2.91. The van der Waals surface area contributed by atoms with Gasteiger partial charge in [-0.15, -0.1) is 0 Å². The largest absolute Gasteiger partial charge is 0.466 e. The monoisotopic (exact) mass is 311 g/mol. The molecule has 0 amide bonds. The molecule has 0 aliphatic carbocycles. The van der Waals surface area contributed by atoms with Crippen LogP contribution in [0.1, 0.15) is 18.9 Å². The number of esters is 1. The van der Waals surface area contributed by atoms with Crippen molar-refractivity contribution in [3.8, 4) is 0 Å². The van der Waals surface area contributed by atoms with Gasteiger partial charge < -0.3 is 10.1 Å². The molecule has 0 bridgehead atoms. The van der Waals surface area contributed by atoms with Gasteiger partial charge in [0.15, 0.2) is 0 Å². The molecule has 0 aromatic heterocycles. The van der Waals surface area contributed by atoms with Crippen molar-refractivity contribution in [3.63, 3.8) is 0 Å². The Morgan fingerprint density at radius 2 is 2.39 bits per heavy atom. The van der Waals surface area contributed by atoms with Crippen LogP contribution in [0.4, 0.5) is 0 Å². The molecule has 18 heavy (non-hydrogen) atoms. The van der Waals surface area contributed by atoms with E-state index in [1.807, 2.05) is 19.1 Å². The number of hydrogen-bond donors (Lipinski definition) is 1. The first kappa shape index (κ1) is 13.6. The third kappa shape index (κ3) is 2.93. The van der Waals surface area contributed by atoms with Gasteiger partial charge in [-0.25, -0.2) is 0 Å². The molecule has 2 rings (SSSR count). The van der Waals surface area contributed by atoms with Crippen LogP contribution in [0.15, 0.2) is 28.7 Å². The summed E-state index contributed by atoms with van der Waals surface area (Å²) in [5.74, 6) is -0.0741. The smallest absolute Gasteiger partial charge is 0.313 e. The third-order valence-corrected chi connectivity index (χ3v) is 3.88. The van der Waals surface area contributed by atoms with Crippen LogP contribution in [-0.2, 0) is 16.0 Å². The van der Waals surface area contributed by atoms with Crippen LogP contribution >= 0.6 is 15.9 Å². The Kier molecular flexibility index (Phi) is 4.40. The van der Waals surface area contributed by atoms with Crippen LogP contribution in [-0.4, -0.2) is 25.7 Å². The van der Waals surface area contributed by atoms with Gasteiger partial charge in [0.1, 0.15) is 0 Å². The molecule has 1 aliphatic rings. The maximum atomic E-state index is 12.2. The molecule has 1 saturated heterocycles. The van der Waals surface area contributed by atoms with E-state index in [4.69, 9.17) is 4.74 Å². The highest BCUT2D eigenvalue weighted by molar-refractivity contribution is 9.10. The summed E-state index contributed by atoms with van der Waals surface area (Å²) in [5, 5.41) is 3.27. The second-order valence-electron chi connectivity index (χ2n) is 4.73. The van der Waals surface area contributed by atoms with Crippen LogP contribution in [0.2, 0.25) is 0 Å². The van der Waals surface area contributed by atoms with Crippen molar-refractivity contribution < 1.29 is 9.53 Å². The van der Waals surface area contributed by atoms with Crippen molar-refractivity contribution in [2.75, 3.05) is 19.7 Å². The van der Waals surface area contributed by atoms with Crippen LogP contribution in [0.5, 0.6) is 0 Å². The van der Waals surface area contributed by atoms with Gasteiger partial charge in [-0.05, 0) is 44.0 Å². The summed E-state index contributed by atoms with van der Waals surface area (Å²) in [6.45, 7) is 3.89. The number of rotatable bonds is 4. The highest BCUT2D eigenvalue weighted by Crippen LogP contribution is 2.32. The van der Waals surface area contributed by atoms with Gasteiger partial charge in [0.2, 0.25) is 0 Å². The predicted molar refractivity (Wildman–Crippen MR) is 74.4 cm³/mol. The number of ether oxygens (including phenoxy) is 1. The Hall–Kier alpha value is -0.870. The van der Waals surface area contributed by atoms with Gasteiger partial charge in [-0.2, -0.15) is 0 Å². The molecule has 0 spiro atoms. The SMILES string of the molecule is CCOC(=O)C1(Cc2cccc(Br)c2)CCNC1. The third-order valence-electron chi connectivity index (χ3n) is 3.38. The fourth-order valence-electron chi connectivity index (χ4n) is 2.46. The summed E-state index contributed by atoms with van der Waals surface area (Å²) in [5.41, 5.74) is 0.776. The van der Waals surface area contributed by atoms with Crippen molar-refractivity contribution in [2.45, 2.75) is 19.8 Å². The van der Waals surface area contributed by atoms with Crippen LogP contribution < -0.4 is 5.32 Å². The highest BCUT2D eigenvalue weighted by atomic mass is 79.9. The second-order valence-corrected chi connectivity index (χ2v) is 5.65. The number of nitrogens with one attached hydrogen (secondary N) is 1. The lowest BCUT2D eigenvalue weighted by Crippen LogP contribution is -2.37. The normalized spacial score (nSPS) is 23.0. The van der Waals surface area contributed by atoms with E-state index in [0.717, 1.165) is 23.9 Å². The molecule has 3 nitrogen and oxygen atoms in total. The maximum absolute atomic E-state index is 12.2. The number of hydrogen-bond acceptors (Lipinski definition) is 3. The van der Waals surface area contributed by atoms with Crippen molar-refractivity contribution in [3.05, 3.63) is 34.3 Å². The van der Waals surface area contributed by atoms with Gasteiger partial charge in [-0.1, -0.05) is 28.1 Å². The number of carbonyl (C=O) groups excluding carboxylic acids is 1. The van der Waals surface area contributed by atoms with E-state index < -0.39 is 5.41 Å². The molecule has 1 unspecified atom stereocenters. The van der Waals surface area contributed by atoms with Crippen molar-refractivity contribution in [2.24, 2.45) is 5.41 Å². The topological polar surface area (TPSA) is 38.3 Å². The summed E-state index contributed by atoms with van der Waals surface area (Å²) < 4.78 is 6.29. The lowest BCUT2D eigenvalue weighted by Gasteiger charge is -2.25. The summed E-state index contributed by atoms with van der Waals surface area (Å²) in [7, 11) is 0. The molecule has 1 atom stereocenters. The Balaban J connectivity index is 2.18. The van der Waals surface area contributed by atoms with E-state index in [-0.39, 0.29) is 5.97 Å². The van der Waals surface area contributed by atoms with E-state index >= 15 is 0 Å².